The van der Waals surface area contributed by atoms with Crippen LogP contribution in [0.3, 0.4) is 0 Å². The first-order valence-corrected chi connectivity index (χ1v) is 8.37. The van der Waals surface area contributed by atoms with E-state index in [0.29, 0.717) is 0 Å². The number of nitrogens with zero attached hydrogens (tertiary/aromatic N) is 1. The molecule has 0 fully saturated rings. The third kappa shape index (κ3) is 4.25. The molecule has 4 nitrogen and oxygen atoms in total. The van der Waals surface area contributed by atoms with Gasteiger partial charge >= 0.3 is 14.5 Å². The smallest absolute Gasteiger partial charge is 0.398 e. The van der Waals surface area contributed by atoms with E-state index in [1.165, 1.54) is 15.6 Å². The molecule has 1 aromatic heterocycles. The van der Waals surface area contributed by atoms with Crippen molar-refractivity contribution in [2.24, 2.45) is 5.73 Å². The highest BCUT2D eigenvalue weighted by Crippen LogP contribution is 2.27. The third-order valence-corrected chi connectivity index (χ3v) is 4.92. The third-order valence-electron chi connectivity index (χ3n) is 3.53. The molecule has 1 aromatic carbocycles. The van der Waals surface area contributed by atoms with E-state index in [0.717, 1.165) is 23.4 Å². The zero-order chi connectivity index (χ0) is 16.1. The molecule has 22 heavy (non-hydrogen) atoms. The van der Waals surface area contributed by atoms with Crippen LogP contribution in [0.15, 0.2) is 17.5 Å². The van der Waals surface area contributed by atoms with Crippen LogP contribution in [-0.4, -0.2) is 46.8 Å². The molecule has 1 radical (unpaired) electrons. The summed E-state index contributed by atoms with van der Waals surface area (Å²) < 4.78 is 12.0. The Kier molecular flexibility index (Phi) is 6.74. The van der Waals surface area contributed by atoms with Gasteiger partial charge in [0.15, 0.2) is 0 Å². The fourth-order valence-electron chi connectivity index (χ4n) is 2.49. The highest BCUT2D eigenvalue weighted by molar-refractivity contribution is 7.19. The highest BCUT2D eigenvalue weighted by Gasteiger charge is 2.23. The number of halogens is 1. The van der Waals surface area contributed by atoms with E-state index in [9.17, 15) is 0 Å². The van der Waals surface area contributed by atoms with Crippen molar-refractivity contribution in [2.75, 3.05) is 27.4 Å². The Balaban J connectivity index is 2.27. The van der Waals surface area contributed by atoms with Gasteiger partial charge in [-0.25, -0.2) is 0 Å². The summed E-state index contributed by atoms with van der Waals surface area (Å²) in [7, 11) is 5.29. The van der Waals surface area contributed by atoms with Crippen LogP contribution in [0, 0.1) is 6.92 Å². The summed E-state index contributed by atoms with van der Waals surface area (Å²) >= 11 is 8.01. The van der Waals surface area contributed by atoms with E-state index in [2.05, 4.69) is 12.3 Å². The number of hydrogen-bond acceptors (Lipinski definition) is 5. The van der Waals surface area contributed by atoms with Crippen LogP contribution in [0.4, 0.5) is 0 Å². The molecule has 0 aliphatic rings. The molecule has 117 valence electrons. The molecule has 0 atom stereocenters. The van der Waals surface area contributed by atoms with Crippen molar-refractivity contribution in [3.8, 4) is 0 Å². The highest BCUT2D eigenvalue weighted by atomic mass is 35.5. The Morgan fingerprint density at radius 2 is 2.23 bits per heavy atom. The second kappa shape index (κ2) is 8.34. The number of aryl methyl sites for hydroxylation is 1. The Morgan fingerprint density at radius 1 is 1.45 bits per heavy atom. The van der Waals surface area contributed by atoms with Crippen molar-refractivity contribution in [3.63, 3.8) is 0 Å². The maximum Gasteiger partial charge on any atom is 0.398 e. The van der Waals surface area contributed by atoms with Gasteiger partial charge in [-0.05, 0) is 60.8 Å². The minimum Gasteiger partial charge on any atom is -0.427 e. The lowest BCUT2D eigenvalue weighted by molar-refractivity contribution is 0.332. The van der Waals surface area contributed by atoms with Crippen molar-refractivity contribution in [1.82, 2.24) is 4.81 Å². The van der Waals surface area contributed by atoms with E-state index in [4.69, 9.17) is 26.6 Å². The van der Waals surface area contributed by atoms with Gasteiger partial charge in [0.05, 0.1) is 6.73 Å². The molecule has 2 rings (SSSR count). The molecule has 2 N–H and O–H groups in total. The fourth-order valence-corrected chi connectivity index (χ4v) is 3.81. The van der Waals surface area contributed by atoms with Gasteiger partial charge < -0.3 is 19.9 Å². The van der Waals surface area contributed by atoms with Crippen LogP contribution in [0.2, 0.25) is 11.3 Å². The molecule has 0 aliphatic heterocycles. The van der Waals surface area contributed by atoms with E-state index < -0.39 is 0 Å². The first kappa shape index (κ1) is 17.8. The second-order valence-corrected chi connectivity index (χ2v) is 6.54. The zero-order valence-corrected chi connectivity index (χ0v) is 14.7. The number of benzene rings is 1. The number of nitrogens with two attached hydrogens (primary N) is 1. The van der Waals surface area contributed by atoms with Gasteiger partial charge in [0.25, 0.3) is 0 Å². The molecule has 2 aromatic rings. The summed E-state index contributed by atoms with van der Waals surface area (Å²) in [6.07, 6.45) is 0.806. The summed E-state index contributed by atoms with van der Waals surface area (Å²) in [4.78, 5) is 1.98. The SMILES string of the molecule is CO[B]N(C)CCB(OCN)c1cc(Cl)cc2c(C)csc12. The molecule has 0 aliphatic carbocycles. The lowest BCUT2D eigenvalue weighted by Gasteiger charge is -2.19. The van der Waals surface area contributed by atoms with Crippen LogP contribution in [0.25, 0.3) is 10.1 Å². The summed E-state index contributed by atoms with van der Waals surface area (Å²) in [6.45, 7) is 2.99. The lowest BCUT2D eigenvalue weighted by atomic mass is 9.57. The number of rotatable bonds is 8. The summed E-state index contributed by atoms with van der Waals surface area (Å²) in [5, 5.41) is 4.07. The molecule has 0 bridgehead atoms. The minimum absolute atomic E-state index is 0.0862. The van der Waals surface area contributed by atoms with E-state index >= 15 is 0 Å². The van der Waals surface area contributed by atoms with Gasteiger partial charge in [-0.1, -0.05) is 11.6 Å². The normalized spacial score (nSPS) is 11.4. The average Bonchev–Trinajstić information content (AvgIpc) is 2.84. The van der Waals surface area contributed by atoms with Crippen LogP contribution in [-0.2, 0) is 9.31 Å². The molecule has 0 unspecified atom stereocenters. The van der Waals surface area contributed by atoms with Gasteiger partial charge in [-0.3, -0.25) is 0 Å². The van der Waals surface area contributed by atoms with Crippen LogP contribution in [0.5, 0.6) is 0 Å². The Labute approximate surface area is 141 Å². The summed E-state index contributed by atoms with van der Waals surface area (Å²) in [6, 6.07) is 4.00. The zero-order valence-electron chi connectivity index (χ0n) is 13.1. The molecular weight excluding hydrogens is 317 g/mol. The number of thiophene rings is 1. The van der Waals surface area contributed by atoms with Crippen LogP contribution >= 0.6 is 22.9 Å². The summed E-state index contributed by atoms with van der Waals surface area (Å²) in [5.74, 6) is 0. The van der Waals surface area contributed by atoms with Crippen LogP contribution < -0.4 is 11.2 Å². The van der Waals surface area contributed by atoms with Crippen molar-refractivity contribution in [3.05, 3.63) is 28.1 Å². The minimum atomic E-state index is -0.0862. The number of fused-ring (bicyclic) bond motifs is 1. The molecule has 0 amide bonds. The average molecular weight is 337 g/mol. The first-order valence-electron chi connectivity index (χ1n) is 7.12. The van der Waals surface area contributed by atoms with Gasteiger partial charge in [0.1, 0.15) is 0 Å². The predicted molar refractivity (Wildman–Crippen MR) is 97.3 cm³/mol. The fraction of sp³-hybridized carbons (Fsp3) is 0.429. The van der Waals surface area contributed by atoms with Gasteiger partial charge in [-0.2, -0.15) is 0 Å². The topological polar surface area (TPSA) is 47.7 Å². The van der Waals surface area contributed by atoms with Gasteiger partial charge in [0.2, 0.25) is 0 Å². The molecule has 8 heteroatoms. The van der Waals surface area contributed by atoms with E-state index in [1.54, 1.807) is 26.1 Å². The predicted octanol–water partition coefficient (Wildman–Crippen LogP) is 2.11. The first-order chi connectivity index (χ1) is 10.6. The van der Waals surface area contributed by atoms with E-state index in [-0.39, 0.29) is 13.6 Å². The van der Waals surface area contributed by atoms with Crippen LogP contribution in [0.1, 0.15) is 5.56 Å². The second-order valence-electron chi connectivity index (χ2n) is 5.22. The molecule has 0 saturated heterocycles. The van der Waals surface area contributed by atoms with Crippen molar-refractivity contribution >= 4 is 53.0 Å². The molecule has 0 spiro atoms. The lowest BCUT2D eigenvalue weighted by Crippen LogP contribution is -2.39. The van der Waals surface area contributed by atoms with Crippen molar-refractivity contribution < 1.29 is 9.31 Å². The maximum atomic E-state index is 6.29. The van der Waals surface area contributed by atoms with Gasteiger partial charge in [-0.15, -0.1) is 11.3 Å². The standard InChI is InChI=1S/C14H20B2ClN2O2S/c1-10-8-22-14-12(10)6-11(17)7-13(14)16(21-9-18)4-5-19(2)15-20-3/h6-8H,4-5,9,18H2,1-3H3. The monoisotopic (exact) mass is 337 g/mol. The Bertz CT molecular complexity index is 626. The van der Waals surface area contributed by atoms with Crippen molar-refractivity contribution in [1.29, 1.82) is 0 Å². The largest absolute Gasteiger partial charge is 0.427 e. The Hall–Kier alpha value is -0.560. The maximum absolute atomic E-state index is 6.29. The molecule has 1 heterocycles. The Morgan fingerprint density at radius 3 is 2.91 bits per heavy atom. The molecular formula is C14H20B2ClN2O2S. The quantitative estimate of drug-likeness (QED) is 0.592. The number of hydrogen-bond donors (Lipinski definition) is 1. The van der Waals surface area contributed by atoms with Crippen molar-refractivity contribution in [2.45, 2.75) is 13.2 Å². The van der Waals surface area contributed by atoms with E-state index in [1.807, 2.05) is 24.0 Å². The molecule has 0 saturated carbocycles. The summed E-state index contributed by atoms with van der Waals surface area (Å²) in [5.41, 5.74) is 7.97. The van der Waals surface area contributed by atoms with Gasteiger partial charge in [0, 0.05) is 16.8 Å².